The van der Waals surface area contributed by atoms with Gasteiger partial charge in [-0.3, -0.25) is 14.5 Å². The summed E-state index contributed by atoms with van der Waals surface area (Å²) in [6, 6.07) is 4.76. The molecule has 1 heterocycles. The van der Waals surface area contributed by atoms with Crippen molar-refractivity contribution in [3.8, 4) is 5.75 Å². The minimum Gasteiger partial charge on any atom is -0.435 e. The van der Waals surface area contributed by atoms with Crippen LogP contribution < -0.4 is 10.1 Å². The Balaban J connectivity index is 2.12. The van der Waals surface area contributed by atoms with Gasteiger partial charge in [-0.05, 0) is 31.0 Å². The smallest absolute Gasteiger partial charge is 0.387 e. The second-order valence-electron chi connectivity index (χ2n) is 6.52. The second kappa shape index (κ2) is 8.32. The molecule has 2 rings (SSSR count). The van der Waals surface area contributed by atoms with E-state index in [4.69, 9.17) is 0 Å². The van der Waals surface area contributed by atoms with Crippen LogP contribution in [0, 0.1) is 0 Å². The van der Waals surface area contributed by atoms with Crippen LogP contribution in [0.5, 0.6) is 5.75 Å². The van der Waals surface area contributed by atoms with Gasteiger partial charge in [0.15, 0.2) is 0 Å². The van der Waals surface area contributed by atoms with E-state index >= 15 is 0 Å². The van der Waals surface area contributed by atoms with Gasteiger partial charge >= 0.3 is 12.6 Å². The average Bonchev–Trinajstić information content (AvgIpc) is 2.83. The number of hydrogen-bond donors (Lipinski definition) is 1. The van der Waals surface area contributed by atoms with E-state index < -0.39 is 24.1 Å². The molecule has 1 N–H and O–H groups in total. The Hall–Kier alpha value is -2.71. The maximum Gasteiger partial charge on any atom is 0.387 e. The van der Waals surface area contributed by atoms with Crippen LogP contribution in [0.3, 0.4) is 0 Å². The number of benzene rings is 1. The Morgan fingerprint density at radius 1 is 1.30 bits per heavy atom. The van der Waals surface area contributed by atoms with Gasteiger partial charge in [-0.1, -0.05) is 25.5 Å². The Bertz CT molecular complexity index is 711. The summed E-state index contributed by atoms with van der Waals surface area (Å²) in [6.45, 7) is 0.736. The van der Waals surface area contributed by atoms with Crippen molar-refractivity contribution in [1.82, 2.24) is 15.1 Å². The van der Waals surface area contributed by atoms with E-state index in [2.05, 4.69) is 10.1 Å². The second-order valence-corrected chi connectivity index (χ2v) is 6.52. The van der Waals surface area contributed by atoms with Gasteiger partial charge < -0.3 is 15.0 Å². The molecule has 0 spiro atoms. The quantitative estimate of drug-likeness (QED) is 0.699. The minimum atomic E-state index is -2.95. The van der Waals surface area contributed by atoms with Crippen LogP contribution in [-0.4, -0.2) is 54.4 Å². The third-order valence-electron chi connectivity index (χ3n) is 4.50. The number of carbonyl (C=O) groups excluding carboxylic acids is 3. The predicted molar refractivity (Wildman–Crippen MR) is 93.2 cm³/mol. The highest BCUT2D eigenvalue weighted by atomic mass is 19.3. The van der Waals surface area contributed by atoms with E-state index in [-0.39, 0.29) is 18.2 Å². The number of likely N-dealkylation sites (N-methyl/N-ethyl adjacent to an activating group) is 1. The molecule has 1 aromatic carbocycles. The summed E-state index contributed by atoms with van der Waals surface area (Å²) in [5.74, 6) is -0.970. The summed E-state index contributed by atoms with van der Waals surface area (Å²) in [7, 11) is 1.62. The number of rotatable bonds is 8. The summed E-state index contributed by atoms with van der Waals surface area (Å²) in [4.78, 5) is 39.7. The topological polar surface area (TPSA) is 79.0 Å². The predicted octanol–water partition coefficient (Wildman–Crippen LogP) is 2.31. The lowest BCUT2D eigenvalue weighted by atomic mass is 9.92. The van der Waals surface area contributed by atoms with E-state index in [1.165, 1.54) is 36.1 Å². The number of carbonyl (C=O) groups is 3. The SMILES string of the molecule is CCCCN(C)C(=O)CN1C(=O)N[C@@](C)(c2ccc(OC(F)F)cc2)C1=O. The van der Waals surface area contributed by atoms with E-state index in [0.29, 0.717) is 12.1 Å². The van der Waals surface area contributed by atoms with E-state index in [1.807, 2.05) is 6.92 Å². The first-order valence-electron chi connectivity index (χ1n) is 8.62. The normalized spacial score (nSPS) is 19.4. The molecule has 9 heteroatoms. The van der Waals surface area contributed by atoms with Crippen molar-refractivity contribution in [3.63, 3.8) is 0 Å². The highest BCUT2D eigenvalue weighted by Crippen LogP contribution is 2.30. The Kier molecular flexibility index (Phi) is 6.35. The summed E-state index contributed by atoms with van der Waals surface area (Å²) in [5, 5.41) is 2.57. The minimum absolute atomic E-state index is 0.0568. The molecule has 1 aliphatic rings. The first kappa shape index (κ1) is 20.6. The standard InChI is InChI=1S/C18H23F2N3O4/c1-4-5-10-22(3)14(24)11-23-15(25)18(2,21-17(23)26)12-6-8-13(9-7-12)27-16(19)20/h6-9,16H,4-5,10-11H2,1-3H3,(H,21,26)/t18-/m0/s1. The third-order valence-corrected chi connectivity index (χ3v) is 4.50. The van der Waals surface area contributed by atoms with Crippen LogP contribution in [0.15, 0.2) is 24.3 Å². The zero-order valence-electron chi connectivity index (χ0n) is 15.5. The fourth-order valence-corrected chi connectivity index (χ4v) is 2.78. The number of imide groups is 1. The largest absolute Gasteiger partial charge is 0.435 e. The molecule has 1 atom stereocenters. The maximum atomic E-state index is 12.8. The molecule has 0 unspecified atom stereocenters. The van der Waals surface area contributed by atoms with Gasteiger partial charge in [-0.25, -0.2) is 4.79 Å². The lowest BCUT2D eigenvalue weighted by Crippen LogP contribution is -2.43. The fraction of sp³-hybridized carbons (Fsp3) is 0.500. The van der Waals surface area contributed by atoms with Crippen LogP contribution in [0.25, 0.3) is 0 Å². The van der Waals surface area contributed by atoms with E-state index in [9.17, 15) is 23.2 Å². The molecule has 1 saturated heterocycles. The molecular formula is C18H23F2N3O4. The van der Waals surface area contributed by atoms with Crippen molar-refractivity contribution in [2.75, 3.05) is 20.1 Å². The van der Waals surface area contributed by atoms with Gasteiger partial charge in [0, 0.05) is 13.6 Å². The molecule has 0 bridgehead atoms. The van der Waals surface area contributed by atoms with Crippen LogP contribution in [0.4, 0.5) is 13.6 Å². The van der Waals surface area contributed by atoms with Crippen molar-refractivity contribution in [2.45, 2.75) is 38.8 Å². The molecule has 148 valence electrons. The summed E-state index contributed by atoms with van der Waals surface area (Å²) >= 11 is 0. The lowest BCUT2D eigenvalue weighted by Gasteiger charge is -2.23. The lowest BCUT2D eigenvalue weighted by molar-refractivity contribution is -0.138. The molecule has 0 aromatic heterocycles. The van der Waals surface area contributed by atoms with Crippen molar-refractivity contribution >= 4 is 17.8 Å². The highest BCUT2D eigenvalue weighted by molar-refractivity contribution is 6.09. The number of hydrogen-bond acceptors (Lipinski definition) is 4. The van der Waals surface area contributed by atoms with Crippen molar-refractivity contribution in [1.29, 1.82) is 0 Å². The monoisotopic (exact) mass is 383 g/mol. The average molecular weight is 383 g/mol. The molecule has 7 nitrogen and oxygen atoms in total. The number of urea groups is 1. The van der Waals surface area contributed by atoms with Gasteiger partial charge in [0.1, 0.15) is 17.8 Å². The van der Waals surface area contributed by atoms with Crippen LogP contribution >= 0.6 is 0 Å². The first-order valence-corrected chi connectivity index (χ1v) is 8.62. The Morgan fingerprint density at radius 2 is 1.93 bits per heavy atom. The van der Waals surface area contributed by atoms with Gasteiger partial charge in [0.25, 0.3) is 5.91 Å². The molecule has 1 aromatic rings. The van der Waals surface area contributed by atoms with Gasteiger partial charge in [-0.15, -0.1) is 0 Å². The molecule has 0 radical (unpaired) electrons. The molecule has 4 amide bonds. The number of amides is 4. The summed E-state index contributed by atoms with van der Waals surface area (Å²) in [5.41, 5.74) is -0.986. The van der Waals surface area contributed by atoms with Gasteiger partial charge in [0.2, 0.25) is 5.91 Å². The molecule has 0 aliphatic carbocycles. The van der Waals surface area contributed by atoms with Crippen LogP contribution in [-0.2, 0) is 15.1 Å². The Labute approximate surface area is 156 Å². The van der Waals surface area contributed by atoms with Crippen LogP contribution in [0.2, 0.25) is 0 Å². The van der Waals surface area contributed by atoms with Crippen molar-refractivity contribution in [2.24, 2.45) is 0 Å². The molecule has 0 saturated carbocycles. The maximum absolute atomic E-state index is 12.8. The summed E-state index contributed by atoms with van der Waals surface area (Å²) < 4.78 is 28.8. The van der Waals surface area contributed by atoms with Gasteiger partial charge in [-0.2, -0.15) is 8.78 Å². The number of unbranched alkanes of at least 4 members (excludes halogenated alkanes) is 1. The number of nitrogens with zero attached hydrogens (tertiary/aromatic N) is 2. The van der Waals surface area contributed by atoms with Crippen molar-refractivity contribution in [3.05, 3.63) is 29.8 Å². The Morgan fingerprint density at radius 3 is 2.48 bits per heavy atom. The molecular weight excluding hydrogens is 360 g/mol. The molecule has 1 fully saturated rings. The number of nitrogens with one attached hydrogen (secondary N) is 1. The van der Waals surface area contributed by atoms with E-state index in [0.717, 1.165) is 17.7 Å². The zero-order valence-corrected chi connectivity index (χ0v) is 15.5. The number of halogens is 2. The van der Waals surface area contributed by atoms with Gasteiger partial charge in [0.05, 0.1) is 0 Å². The first-order chi connectivity index (χ1) is 12.7. The highest BCUT2D eigenvalue weighted by Gasteiger charge is 2.49. The molecule has 27 heavy (non-hydrogen) atoms. The summed E-state index contributed by atoms with van der Waals surface area (Å²) in [6.07, 6.45) is 1.75. The van der Waals surface area contributed by atoms with E-state index in [1.54, 1.807) is 7.05 Å². The van der Waals surface area contributed by atoms with Crippen LogP contribution in [0.1, 0.15) is 32.3 Å². The fourth-order valence-electron chi connectivity index (χ4n) is 2.78. The zero-order chi connectivity index (χ0) is 20.2. The number of ether oxygens (including phenoxy) is 1. The number of alkyl halides is 2. The molecule has 1 aliphatic heterocycles. The van der Waals surface area contributed by atoms with Crippen molar-refractivity contribution < 1.29 is 27.9 Å². The third kappa shape index (κ3) is 4.53.